The highest BCUT2D eigenvalue weighted by molar-refractivity contribution is 6.74. The minimum Gasteiger partial charge on any atom is -0.413 e. The molecule has 3 aliphatic rings. The van der Waals surface area contributed by atoms with Gasteiger partial charge in [0.05, 0.1) is 6.10 Å². The second-order valence-corrected chi connectivity index (χ2v) is 14.1. The Morgan fingerprint density at radius 3 is 2.62 bits per heavy atom. The molecular formula is C20H29NO2Si. The van der Waals surface area contributed by atoms with E-state index in [4.69, 9.17) is 4.43 Å². The van der Waals surface area contributed by atoms with Crippen molar-refractivity contribution in [3.05, 3.63) is 35.4 Å². The largest absolute Gasteiger partial charge is 0.413 e. The summed E-state index contributed by atoms with van der Waals surface area (Å²) in [5.41, 5.74) is 2.13. The van der Waals surface area contributed by atoms with Gasteiger partial charge in [-0.05, 0) is 54.9 Å². The molecule has 1 aromatic rings. The van der Waals surface area contributed by atoms with Crippen LogP contribution < -0.4 is 5.32 Å². The molecule has 1 N–H and O–H groups in total. The first-order valence-corrected chi connectivity index (χ1v) is 12.2. The zero-order valence-electron chi connectivity index (χ0n) is 15.5. The van der Waals surface area contributed by atoms with Gasteiger partial charge in [-0.3, -0.25) is 4.79 Å². The smallest absolute Gasteiger partial charge is 0.251 e. The van der Waals surface area contributed by atoms with Gasteiger partial charge in [-0.1, -0.05) is 39.0 Å². The molecule has 0 bridgehead atoms. The van der Waals surface area contributed by atoms with Crippen LogP contribution in [0.3, 0.4) is 0 Å². The zero-order chi connectivity index (χ0) is 17.3. The molecule has 4 atom stereocenters. The molecule has 1 heterocycles. The van der Waals surface area contributed by atoms with Gasteiger partial charge >= 0.3 is 0 Å². The first-order chi connectivity index (χ1) is 11.2. The molecule has 0 radical (unpaired) electrons. The highest BCUT2D eigenvalue weighted by Crippen LogP contribution is 2.62. The number of nitrogens with one attached hydrogen (secondary N) is 1. The van der Waals surface area contributed by atoms with Crippen LogP contribution in [0.5, 0.6) is 0 Å². The molecule has 130 valence electrons. The number of benzene rings is 1. The lowest BCUT2D eigenvalue weighted by molar-refractivity contribution is -0.00613. The van der Waals surface area contributed by atoms with Crippen LogP contribution in [0.4, 0.5) is 0 Å². The Morgan fingerprint density at radius 2 is 1.92 bits per heavy atom. The van der Waals surface area contributed by atoms with E-state index in [1.807, 2.05) is 12.1 Å². The van der Waals surface area contributed by atoms with Crippen molar-refractivity contribution in [1.29, 1.82) is 0 Å². The van der Waals surface area contributed by atoms with Crippen molar-refractivity contribution < 1.29 is 9.22 Å². The molecule has 2 aliphatic carbocycles. The van der Waals surface area contributed by atoms with E-state index >= 15 is 0 Å². The molecule has 1 amide bonds. The van der Waals surface area contributed by atoms with E-state index in [-0.39, 0.29) is 28.5 Å². The van der Waals surface area contributed by atoms with E-state index in [1.165, 1.54) is 12.0 Å². The molecule has 3 nitrogen and oxygen atoms in total. The molecule has 1 aromatic carbocycles. The van der Waals surface area contributed by atoms with Crippen molar-refractivity contribution in [1.82, 2.24) is 5.32 Å². The minimum atomic E-state index is -1.84. The van der Waals surface area contributed by atoms with Crippen molar-refractivity contribution in [3.8, 4) is 0 Å². The van der Waals surface area contributed by atoms with Crippen molar-refractivity contribution in [3.63, 3.8) is 0 Å². The SMILES string of the molecule is CC(C)(C)[Si](C)(C)O[C@H]1CC[C@H]2C[C@@H]3NC(=O)c4ccccc4[C@]231. The standard InChI is InChI=1S/C20H29NO2Si/c1-19(2,3)24(4,5)23-17-11-10-13-12-16-20(13,17)15-9-7-6-8-14(15)18(22)21-16/h6-9,13,16-17H,10-12H2,1-5H3,(H,21,22)/t13-,16-,17-,20+/m0/s1. The number of carbonyl (C=O) groups is 1. The highest BCUT2D eigenvalue weighted by atomic mass is 28.4. The van der Waals surface area contributed by atoms with Crippen molar-refractivity contribution in [2.24, 2.45) is 5.92 Å². The Kier molecular flexibility index (Phi) is 3.37. The quantitative estimate of drug-likeness (QED) is 0.816. The van der Waals surface area contributed by atoms with E-state index in [0.717, 1.165) is 18.4 Å². The van der Waals surface area contributed by atoms with Crippen LogP contribution in [0, 0.1) is 5.92 Å². The van der Waals surface area contributed by atoms with Gasteiger partial charge in [0.25, 0.3) is 5.91 Å². The number of carbonyl (C=O) groups excluding carboxylic acids is 1. The molecule has 24 heavy (non-hydrogen) atoms. The summed E-state index contributed by atoms with van der Waals surface area (Å²) in [6.45, 7) is 11.6. The van der Waals surface area contributed by atoms with Gasteiger partial charge < -0.3 is 9.74 Å². The van der Waals surface area contributed by atoms with Crippen LogP contribution in [0.25, 0.3) is 0 Å². The van der Waals surface area contributed by atoms with Gasteiger partial charge in [-0.15, -0.1) is 0 Å². The molecule has 2 saturated carbocycles. The summed E-state index contributed by atoms with van der Waals surface area (Å²) in [6, 6.07) is 8.47. The predicted molar refractivity (Wildman–Crippen MR) is 98.8 cm³/mol. The summed E-state index contributed by atoms with van der Waals surface area (Å²) in [5.74, 6) is 0.747. The second-order valence-electron chi connectivity index (χ2n) is 9.38. The van der Waals surface area contributed by atoms with Gasteiger partial charge in [0, 0.05) is 17.0 Å². The maximum Gasteiger partial charge on any atom is 0.251 e. The lowest BCUT2D eigenvalue weighted by Crippen LogP contribution is -2.70. The number of fused-ring (bicyclic) bond motifs is 1. The molecule has 1 aliphatic heterocycles. The number of rotatable bonds is 2. The molecule has 1 spiro atoms. The van der Waals surface area contributed by atoms with E-state index in [1.54, 1.807) is 0 Å². The topological polar surface area (TPSA) is 38.3 Å². The summed E-state index contributed by atoms with van der Waals surface area (Å²) < 4.78 is 6.94. The third-order valence-corrected chi connectivity index (χ3v) is 11.8. The summed E-state index contributed by atoms with van der Waals surface area (Å²) >= 11 is 0. The molecule has 2 fully saturated rings. The molecule has 0 aromatic heterocycles. The molecule has 0 unspecified atom stereocenters. The first kappa shape index (κ1) is 16.3. The summed E-state index contributed by atoms with van der Waals surface area (Å²) in [7, 11) is -1.84. The van der Waals surface area contributed by atoms with Crippen LogP contribution in [0.1, 0.15) is 56.0 Å². The third kappa shape index (κ3) is 1.96. The lowest BCUT2D eigenvalue weighted by Gasteiger charge is -2.59. The van der Waals surface area contributed by atoms with Gasteiger partial charge in [0.2, 0.25) is 0 Å². The maximum absolute atomic E-state index is 12.5. The zero-order valence-corrected chi connectivity index (χ0v) is 16.5. The Morgan fingerprint density at radius 1 is 1.21 bits per heavy atom. The summed E-state index contributed by atoms with van der Waals surface area (Å²) in [5, 5.41) is 3.49. The monoisotopic (exact) mass is 343 g/mol. The summed E-state index contributed by atoms with van der Waals surface area (Å²) in [4.78, 5) is 12.5. The fraction of sp³-hybridized carbons (Fsp3) is 0.650. The highest BCUT2D eigenvalue weighted by Gasteiger charge is 2.67. The average Bonchev–Trinajstić information content (AvgIpc) is 2.73. The van der Waals surface area contributed by atoms with Crippen molar-refractivity contribution >= 4 is 14.2 Å². The first-order valence-electron chi connectivity index (χ1n) is 9.26. The van der Waals surface area contributed by atoms with Gasteiger partial charge in [-0.25, -0.2) is 0 Å². The van der Waals surface area contributed by atoms with Crippen LogP contribution in [0.15, 0.2) is 24.3 Å². The predicted octanol–water partition coefficient (Wildman–Crippen LogP) is 4.24. The maximum atomic E-state index is 12.5. The van der Waals surface area contributed by atoms with Crippen LogP contribution >= 0.6 is 0 Å². The van der Waals surface area contributed by atoms with Gasteiger partial charge in [0.1, 0.15) is 0 Å². The Labute approximate surface area is 146 Å². The van der Waals surface area contributed by atoms with Gasteiger partial charge in [0.15, 0.2) is 8.32 Å². The molecule has 0 saturated heterocycles. The van der Waals surface area contributed by atoms with Crippen LogP contribution in [-0.4, -0.2) is 26.4 Å². The van der Waals surface area contributed by atoms with Crippen molar-refractivity contribution in [2.75, 3.05) is 0 Å². The number of hydrogen-bond donors (Lipinski definition) is 1. The minimum absolute atomic E-state index is 0.0139. The third-order valence-electron chi connectivity index (χ3n) is 7.27. The fourth-order valence-corrected chi connectivity index (χ4v) is 6.35. The lowest BCUT2D eigenvalue weighted by atomic mass is 9.52. The van der Waals surface area contributed by atoms with E-state index in [9.17, 15) is 4.79 Å². The second kappa shape index (κ2) is 4.95. The molecular weight excluding hydrogens is 314 g/mol. The van der Waals surface area contributed by atoms with E-state index in [0.29, 0.717) is 5.92 Å². The normalized spacial score (nSPS) is 34.7. The average molecular weight is 344 g/mol. The van der Waals surface area contributed by atoms with Gasteiger partial charge in [-0.2, -0.15) is 0 Å². The Bertz CT molecular complexity index is 693. The Balaban J connectivity index is 1.77. The van der Waals surface area contributed by atoms with E-state index in [2.05, 4.69) is 51.3 Å². The van der Waals surface area contributed by atoms with E-state index < -0.39 is 8.32 Å². The van der Waals surface area contributed by atoms with Crippen LogP contribution in [-0.2, 0) is 9.84 Å². The summed E-state index contributed by atoms with van der Waals surface area (Å²) in [6.07, 6.45) is 3.69. The van der Waals surface area contributed by atoms with Crippen molar-refractivity contribution in [2.45, 2.75) is 75.7 Å². The number of hydrogen-bond acceptors (Lipinski definition) is 2. The fourth-order valence-electron chi connectivity index (χ4n) is 4.98. The molecule has 4 heteroatoms. The Hall–Kier alpha value is -1.13. The molecule has 4 rings (SSSR count). The number of amides is 1. The van der Waals surface area contributed by atoms with Crippen LogP contribution in [0.2, 0.25) is 18.1 Å².